The lowest BCUT2D eigenvalue weighted by atomic mass is 9.95. The molecular formula is C17H21FN2O2S. The second kappa shape index (κ2) is 6.28. The summed E-state index contributed by atoms with van der Waals surface area (Å²) in [7, 11) is -1.93. The van der Waals surface area contributed by atoms with Crippen molar-refractivity contribution in [3.8, 4) is 11.1 Å². The summed E-state index contributed by atoms with van der Waals surface area (Å²) in [5.41, 5.74) is 3.49. The van der Waals surface area contributed by atoms with E-state index < -0.39 is 10.0 Å². The van der Waals surface area contributed by atoms with Crippen LogP contribution in [-0.4, -0.2) is 26.7 Å². The van der Waals surface area contributed by atoms with Gasteiger partial charge in [0.25, 0.3) is 0 Å². The third kappa shape index (κ3) is 3.69. The Labute approximate surface area is 137 Å². The van der Waals surface area contributed by atoms with Crippen molar-refractivity contribution in [1.82, 2.24) is 4.98 Å². The highest BCUT2D eigenvalue weighted by Gasteiger charge is 2.19. The molecule has 0 saturated carbocycles. The first-order chi connectivity index (χ1) is 10.6. The molecule has 0 atom stereocenters. The summed E-state index contributed by atoms with van der Waals surface area (Å²) in [4.78, 5) is 4.51. The van der Waals surface area contributed by atoms with E-state index in [4.69, 9.17) is 0 Å². The van der Waals surface area contributed by atoms with Crippen LogP contribution < -0.4 is 4.31 Å². The molecule has 0 aliphatic rings. The van der Waals surface area contributed by atoms with E-state index in [1.165, 1.54) is 19.2 Å². The molecule has 23 heavy (non-hydrogen) atoms. The van der Waals surface area contributed by atoms with Crippen molar-refractivity contribution >= 4 is 15.8 Å². The first kappa shape index (κ1) is 17.4. The summed E-state index contributed by atoms with van der Waals surface area (Å²) in [5, 5.41) is 0. The van der Waals surface area contributed by atoms with E-state index in [0.717, 1.165) is 32.9 Å². The SMILES string of the molecule is Cc1c(-c2ccc(F)cc2)cc(N(C)S(C)(=O)=O)nc1C(C)C. The molecule has 0 aliphatic carbocycles. The molecule has 0 unspecified atom stereocenters. The highest BCUT2D eigenvalue weighted by atomic mass is 32.2. The molecule has 6 heteroatoms. The van der Waals surface area contributed by atoms with Gasteiger partial charge in [-0.1, -0.05) is 26.0 Å². The lowest BCUT2D eigenvalue weighted by Gasteiger charge is -2.21. The Morgan fingerprint density at radius 1 is 1.17 bits per heavy atom. The van der Waals surface area contributed by atoms with Crippen molar-refractivity contribution in [2.75, 3.05) is 17.6 Å². The third-order valence-corrected chi connectivity index (χ3v) is 5.00. The van der Waals surface area contributed by atoms with E-state index in [0.29, 0.717) is 5.82 Å². The quantitative estimate of drug-likeness (QED) is 0.855. The summed E-state index contributed by atoms with van der Waals surface area (Å²) < 4.78 is 38.0. The van der Waals surface area contributed by atoms with E-state index in [-0.39, 0.29) is 11.7 Å². The fraction of sp³-hybridized carbons (Fsp3) is 0.353. The lowest BCUT2D eigenvalue weighted by molar-refractivity contribution is 0.599. The van der Waals surface area contributed by atoms with Gasteiger partial charge in [0.05, 0.1) is 6.26 Å². The van der Waals surface area contributed by atoms with Crippen molar-refractivity contribution in [3.63, 3.8) is 0 Å². The van der Waals surface area contributed by atoms with Gasteiger partial charge < -0.3 is 0 Å². The Bertz CT molecular complexity index is 815. The molecule has 124 valence electrons. The van der Waals surface area contributed by atoms with Gasteiger partial charge in [-0.3, -0.25) is 4.31 Å². The molecule has 4 nitrogen and oxygen atoms in total. The van der Waals surface area contributed by atoms with Gasteiger partial charge in [-0.2, -0.15) is 0 Å². The van der Waals surface area contributed by atoms with Crippen molar-refractivity contribution in [2.24, 2.45) is 0 Å². The predicted molar refractivity (Wildman–Crippen MR) is 91.7 cm³/mol. The molecule has 0 fully saturated rings. The second-order valence-electron chi connectivity index (χ2n) is 5.93. The molecule has 1 heterocycles. The zero-order chi connectivity index (χ0) is 17.4. The van der Waals surface area contributed by atoms with Crippen LogP contribution in [0.4, 0.5) is 10.2 Å². The van der Waals surface area contributed by atoms with Crippen LogP contribution in [0.3, 0.4) is 0 Å². The van der Waals surface area contributed by atoms with E-state index in [1.54, 1.807) is 18.2 Å². The summed E-state index contributed by atoms with van der Waals surface area (Å²) in [6.07, 6.45) is 1.14. The fourth-order valence-electron chi connectivity index (χ4n) is 2.44. The normalized spacial score (nSPS) is 11.8. The summed E-state index contributed by atoms with van der Waals surface area (Å²) in [5.74, 6) is 0.196. The highest BCUT2D eigenvalue weighted by Crippen LogP contribution is 2.32. The Balaban J connectivity index is 2.70. The smallest absolute Gasteiger partial charge is 0.233 e. The molecule has 0 bridgehead atoms. The Morgan fingerprint density at radius 3 is 2.22 bits per heavy atom. The minimum Gasteiger partial charge on any atom is -0.257 e. The summed E-state index contributed by atoms with van der Waals surface area (Å²) in [6, 6.07) is 7.89. The Morgan fingerprint density at radius 2 is 1.74 bits per heavy atom. The maximum absolute atomic E-state index is 13.2. The number of benzene rings is 1. The zero-order valence-electron chi connectivity index (χ0n) is 14.0. The first-order valence-electron chi connectivity index (χ1n) is 7.32. The predicted octanol–water partition coefficient (Wildman–Crippen LogP) is 3.72. The van der Waals surface area contributed by atoms with Crippen LogP contribution in [0.15, 0.2) is 30.3 Å². The molecule has 0 radical (unpaired) electrons. The average molecular weight is 336 g/mol. The number of halogens is 1. The molecule has 1 aromatic carbocycles. The number of rotatable bonds is 4. The fourth-order valence-corrected chi connectivity index (χ4v) is 2.87. The topological polar surface area (TPSA) is 50.3 Å². The standard InChI is InChI=1S/C17H21FN2O2S/c1-11(2)17-12(3)15(13-6-8-14(18)9-7-13)10-16(19-17)20(4)23(5,21)22/h6-11H,1-5H3. The molecule has 2 aromatic rings. The molecule has 2 rings (SSSR count). The van der Waals surface area contributed by atoms with Crippen molar-refractivity contribution in [2.45, 2.75) is 26.7 Å². The molecule has 0 amide bonds. The Kier molecular flexibility index (Phi) is 4.75. The highest BCUT2D eigenvalue weighted by molar-refractivity contribution is 7.92. The van der Waals surface area contributed by atoms with E-state index in [2.05, 4.69) is 4.98 Å². The summed E-state index contributed by atoms with van der Waals surface area (Å²) >= 11 is 0. The number of hydrogen-bond donors (Lipinski definition) is 0. The maximum Gasteiger partial charge on any atom is 0.233 e. The second-order valence-corrected chi connectivity index (χ2v) is 7.94. The van der Waals surface area contributed by atoms with Gasteiger partial charge in [0.15, 0.2) is 0 Å². The van der Waals surface area contributed by atoms with Crippen LogP contribution in [0.5, 0.6) is 0 Å². The maximum atomic E-state index is 13.2. The first-order valence-corrected chi connectivity index (χ1v) is 9.17. The van der Waals surface area contributed by atoms with E-state index in [1.807, 2.05) is 20.8 Å². The molecule has 1 aromatic heterocycles. The van der Waals surface area contributed by atoms with Gasteiger partial charge in [0, 0.05) is 12.7 Å². The molecule has 0 N–H and O–H groups in total. The van der Waals surface area contributed by atoms with Crippen molar-refractivity contribution < 1.29 is 12.8 Å². The van der Waals surface area contributed by atoms with E-state index in [9.17, 15) is 12.8 Å². The largest absolute Gasteiger partial charge is 0.257 e. The summed E-state index contributed by atoms with van der Waals surface area (Å²) in [6.45, 7) is 5.97. The number of nitrogens with zero attached hydrogens (tertiary/aromatic N) is 2. The van der Waals surface area contributed by atoms with Crippen LogP contribution in [-0.2, 0) is 10.0 Å². The van der Waals surface area contributed by atoms with Gasteiger partial charge in [-0.15, -0.1) is 0 Å². The van der Waals surface area contributed by atoms with Crippen LogP contribution in [0.1, 0.15) is 31.0 Å². The van der Waals surface area contributed by atoms with Crippen LogP contribution >= 0.6 is 0 Å². The van der Waals surface area contributed by atoms with Crippen LogP contribution in [0.25, 0.3) is 11.1 Å². The number of aromatic nitrogens is 1. The van der Waals surface area contributed by atoms with Gasteiger partial charge in [0.2, 0.25) is 10.0 Å². The van der Waals surface area contributed by atoms with Gasteiger partial charge in [-0.05, 0) is 47.7 Å². The van der Waals surface area contributed by atoms with E-state index >= 15 is 0 Å². The minimum atomic E-state index is -3.41. The van der Waals surface area contributed by atoms with Crippen LogP contribution in [0.2, 0.25) is 0 Å². The Hall–Kier alpha value is -1.95. The van der Waals surface area contributed by atoms with Crippen molar-refractivity contribution in [1.29, 1.82) is 0 Å². The zero-order valence-corrected chi connectivity index (χ0v) is 14.8. The van der Waals surface area contributed by atoms with Gasteiger partial charge in [0.1, 0.15) is 11.6 Å². The van der Waals surface area contributed by atoms with Gasteiger partial charge in [-0.25, -0.2) is 17.8 Å². The number of sulfonamides is 1. The lowest BCUT2D eigenvalue weighted by Crippen LogP contribution is -2.26. The number of pyridine rings is 1. The number of anilines is 1. The molecule has 0 saturated heterocycles. The van der Waals surface area contributed by atoms with Gasteiger partial charge >= 0.3 is 0 Å². The third-order valence-electron chi connectivity index (χ3n) is 3.82. The number of hydrogen-bond acceptors (Lipinski definition) is 3. The molecular weight excluding hydrogens is 315 g/mol. The van der Waals surface area contributed by atoms with Crippen molar-refractivity contribution in [3.05, 3.63) is 47.4 Å². The molecule has 0 aliphatic heterocycles. The molecule has 0 spiro atoms. The van der Waals surface area contributed by atoms with Crippen LogP contribution in [0, 0.1) is 12.7 Å². The monoisotopic (exact) mass is 336 g/mol. The average Bonchev–Trinajstić information content (AvgIpc) is 2.46. The minimum absolute atomic E-state index is 0.141.